The van der Waals surface area contributed by atoms with Crippen molar-refractivity contribution in [3.63, 3.8) is 0 Å². The Bertz CT molecular complexity index is 487. The predicted molar refractivity (Wildman–Crippen MR) is 81.3 cm³/mol. The van der Waals surface area contributed by atoms with Crippen molar-refractivity contribution in [2.75, 3.05) is 12.4 Å². The number of likely N-dealkylation sites (N-methyl/N-ethyl adjacent to an activating group) is 1. The number of anilines is 1. The Morgan fingerprint density at radius 2 is 1.75 bits per heavy atom. The van der Waals surface area contributed by atoms with Crippen molar-refractivity contribution in [2.45, 2.75) is 39.8 Å². The molecule has 4 nitrogen and oxygen atoms in total. The maximum atomic E-state index is 12.2. The molecule has 0 aromatic heterocycles. The van der Waals surface area contributed by atoms with Gasteiger partial charge in [0.05, 0.1) is 17.7 Å². The van der Waals surface area contributed by atoms with Gasteiger partial charge in [0.2, 0.25) is 5.91 Å². The summed E-state index contributed by atoms with van der Waals surface area (Å²) in [6.45, 7) is 8.31. The average Bonchev–Trinajstić information content (AvgIpc) is 2.45. The number of nitriles is 1. The summed E-state index contributed by atoms with van der Waals surface area (Å²) >= 11 is 0. The predicted octanol–water partition coefficient (Wildman–Crippen LogP) is 2.86. The molecule has 2 atom stereocenters. The number of carbonyl (C=O) groups is 1. The van der Waals surface area contributed by atoms with Gasteiger partial charge in [0, 0.05) is 11.7 Å². The van der Waals surface area contributed by atoms with Crippen molar-refractivity contribution in [1.82, 2.24) is 4.90 Å². The van der Waals surface area contributed by atoms with Gasteiger partial charge >= 0.3 is 0 Å². The molecule has 1 amide bonds. The van der Waals surface area contributed by atoms with E-state index in [9.17, 15) is 4.79 Å². The lowest BCUT2D eigenvalue weighted by atomic mass is 10.0. The van der Waals surface area contributed by atoms with Crippen molar-refractivity contribution >= 4 is 11.6 Å². The fourth-order valence-electron chi connectivity index (χ4n) is 1.88. The molecule has 1 rings (SSSR count). The average molecular weight is 273 g/mol. The number of nitrogens with zero attached hydrogens (tertiary/aromatic N) is 2. The summed E-state index contributed by atoms with van der Waals surface area (Å²) in [5, 5.41) is 11.6. The van der Waals surface area contributed by atoms with Gasteiger partial charge in [-0.2, -0.15) is 5.26 Å². The molecule has 0 aliphatic heterocycles. The second-order valence-electron chi connectivity index (χ2n) is 5.50. The Hall–Kier alpha value is -1.86. The number of amides is 1. The molecule has 0 saturated heterocycles. The Kier molecular flexibility index (Phi) is 5.72. The van der Waals surface area contributed by atoms with Crippen LogP contribution in [0.3, 0.4) is 0 Å². The number of hydrogen-bond acceptors (Lipinski definition) is 3. The molecule has 108 valence electrons. The standard InChI is InChI=1S/C16H23N3O/c1-11(2)12(3)19(5)13(4)16(20)18-15-8-6-14(10-17)7-9-15/h6-9,11-13H,1-5H3,(H,18,20). The number of rotatable bonds is 5. The monoisotopic (exact) mass is 273 g/mol. The first-order chi connectivity index (χ1) is 9.36. The van der Waals surface area contributed by atoms with Crippen LogP contribution in [-0.2, 0) is 4.79 Å². The maximum absolute atomic E-state index is 12.2. The van der Waals surface area contributed by atoms with Gasteiger partial charge in [-0.15, -0.1) is 0 Å². The molecular weight excluding hydrogens is 250 g/mol. The Morgan fingerprint density at radius 3 is 2.20 bits per heavy atom. The number of hydrogen-bond donors (Lipinski definition) is 1. The van der Waals surface area contributed by atoms with Gasteiger partial charge in [-0.25, -0.2) is 0 Å². The number of nitrogens with one attached hydrogen (secondary N) is 1. The quantitative estimate of drug-likeness (QED) is 0.897. The van der Waals surface area contributed by atoms with Crippen molar-refractivity contribution < 1.29 is 4.79 Å². The molecular formula is C16H23N3O. The van der Waals surface area contributed by atoms with E-state index < -0.39 is 0 Å². The lowest BCUT2D eigenvalue weighted by molar-refractivity contribution is -0.121. The molecule has 0 saturated carbocycles. The lowest BCUT2D eigenvalue weighted by Crippen LogP contribution is -2.46. The minimum absolute atomic E-state index is 0.0373. The zero-order valence-electron chi connectivity index (χ0n) is 12.8. The smallest absolute Gasteiger partial charge is 0.241 e. The summed E-state index contributed by atoms with van der Waals surface area (Å²) in [6, 6.07) is 9.06. The second-order valence-corrected chi connectivity index (χ2v) is 5.50. The van der Waals surface area contributed by atoms with Crippen LogP contribution in [0, 0.1) is 17.2 Å². The fourth-order valence-corrected chi connectivity index (χ4v) is 1.88. The maximum Gasteiger partial charge on any atom is 0.241 e. The third-order valence-corrected chi connectivity index (χ3v) is 3.88. The van der Waals surface area contributed by atoms with Crippen molar-refractivity contribution in [1.29, 1.82) is 5.26 Å². The van der Waals surface area contributed by atoms with Crippen LogP contribution in [0.25, 0.3) is 0 Å². The minimum Gasteiger partial charge on any atom is -0.325 e. The largest absolute Gasteiger partial charge is 0.325 e. The van der Waals surface area contributed by atoms with E-state index in [-0.39, 0.29) is 11.9 Å². The molecule has 20 heavy (non-hydrogen) atoms. The first-order valence-corrected chi connectivity index (χ1v) is 6.89. The van der Waals surface area contributed by atoms with Crippen molar-refractivity contribution in [2.24, 2.45) is 5.92 Å². The highest BCUT2D eigenvalue weighted by Crippen LogP contribution is 2.14. The van der Waals surface area contributed by atoms with E-state index in [0.29, 0.717) is 23.2 Å². The molecule has 1 aromatic rings. The molecule has 0 fully saturated rings. The highest BCUT2D eigenvalue weighted by atomic mass is 16.2. The van der Waals surface area contributed by atoms with Crippen LogP contribution in [0.15, 0.2) is 24.3 Å². The van der Waals surface area contributed by atoms with Gasteiger partial charge in [-0.05, 0) is 51.1 Å². The van der Waals surface area contributed by atoms with Crippen LogP contribution < -0.4 is 5.32 Å². The second kappa shape index (κ2) is 7.06. The van der Waals surface area contributed by atoms with Crippen LogP contribution in [-0.4, -0.2) is 29.9 Å². The van der Waals surface area contributed by atoms with Crippen LogP contribution in [0.5, 0.6) is 0 Å². The highest BCUT2D eigenvalue weighted by molar-refractivity contribution is 5.94. The van der Waals surface area contributed by atoms with E-state index in [1.165, 1.54) is 0 Å². The van der Waals surface area contributed by atoms with E-state index in [1.54, 1.807) is 24.3 Å². The molecule has 0 radical (unpaired) electrons. The summed E-state index contributed by atoms with van der Waals surface area (Å²) in [4.78, 5) is 14.3. The normalized spacial score (nSPS) is 13.9. The van der Waals surface area contributed by atoms with Gasteiger partial charge in [0.15, 0.2) is 0 Å². The molecule has 2 unspecified atom stereocenters. The fraction of sp³-hybridized carbons (Fsp3) is 0.500. The highest BCUT2D eigenvalue weighted by Gasteiger charge is 2.23. The van der Waals surface area contributed by atoms with E-state index >= 15 is 0 Å². The zero-order valence-corrected chi connectivity index (χ0v) is 12.8. The molecule has 0 aliphatic carbocycles. The third-order valence-electron chi connectivity index (χ3n) is 3.88. The topological polar surface area (TPSA) is 56.1 Å². The van der Waals surface area contributed by atoms with Crippen molar-refractivity contribution in [3.8, 4) is 6.07 Å². The van der Waals surface area contributed by atoms with Crippen molar-refractivity contribution in [3.05, 3.63) is 29.8 Å². The molecule has 0 heterocycles. The first kappa shape index (κ1) is 16.2. The zero-order chi connectivity index (χ0) is 15.3. The van der Waals surface area contributed by atoms with Crippen LogP contribution >= 0.6 is 0 Å². The molecule has 4 heteroatoms. The van der Waals surface area contributed by atoms with Gasteiger partial charge in [0.25, 0.3) is 0 Å². The van der Waals surface area contributed by atoms with Gasteiger partial charge in [0.1, 0.15) is 0 Å². The summed E-state index contributed by atoms with van der Waals surface area (Å²) in [6.07, 6.45) is 0. The minimum atomic E-state index is -0.206. The van der Waals surface area contributed by atoms with Crippen LogP contribution in [0.2, 0.25) is 0 Å². The Balaban J connectivity index is 2.67. The Labute approximate surface area is 121 Å². The summed E-state index contributed by atoms with van der Waals surface area (Å²) in [5.74, 6) is 0.454. The summed E-state index contributed by atoms with van der Waals surface area (Å²) in [5.41, 5.74) is 1.30. The van der Waals surface area contributed by atoms with Gasteiger partial charge in [-0.1, -0.05) is 13.8 Å². The summed E-state index contributed by atoms with van der Waals surface area (Å²) < 4.78 is 0. The lowest BCUT2D eigenvalue weighted by Gasteiger charge is -2.32. The van der Waals surface area contributed by atoms with E-state index in [2.05, 4.69) is 37.1 Å². The summed E-state index contributed by atoms with van der Waals surface area (Å²) in [7, 11) is 1.97. The molecule has 0 spiro atoms. The first-order valence-electron chi connectivity index (χ1n) is 6.89. The molecule has 1 N–H and O–H groups in total. The number of carbonyl (C=O) groups excluding carboxylic acids is 1. The van der Waals surface area contributed by atoms with E-state index in [1.807, 2.05) is 14.0 Å². The van der Waals surface area contributed by atoms with Crippen LogP contribution in [0.4, 0.5) is 5.69 Å². The van der Waals surface area contributed by atoms with E-state index in [0.717, 1.165) is 0 Å². The number of benzene rings is 1. The SMILES string of the molecule is CC(C)C(C)N(C)C(C)C(=O)Nc1ccc(C#N)cc1. The third kappa shape index (κ3) is 4.07. The van der Waals surface area contributed by atoms with Gasteiger partial charge < -0.3 is 5.32 Å². The molecule has 0 bridgehead atoms. The molecule has 0 aliphatic rings. The Morgan fingerprint density at radius 1 is 1.20 bits per heavy atom. The van der Waals surface area contributed by atoms with E-state index in [4.69, 9.17) is 5.26 Å². The van der Waals surface area contributed by atoms with Gasteiger partial charge in [-0.3, -0.25) is 9.69 Å². The van der Waals surface area contributed by atoms with Crippen LogP contribution in [0.1, 0.15) is 33.3 Å². The molecule has 1 aromatic carbocycles.